The molecule has 17 nitrogen and oxygen atoms in total. The van der Waals surface area contributed by atoms with Gasteiger partial charge in [-0.15, -0.1) is 0 Å². The first-order valence-electron chi connectivity index (χ1n) is 43.8. The van der Waals surface area contributed by atoms with Gasteiger partial charge in [0, 0.05) is 25.7 Å². The van der Waals surface area contributed by atoms with E-state index in [4.69, 9.17) is 37.0 Å². The van der Waals surface area contributed by atoms with Crippen LogP contribution in [0.15, 0.2) is 0 Å². The zero-order chi connectivity index (χ0) is 75.3. The molecule has 612 valence electrons. The third kappa shape index (κ3) is 78.0. The number of aliphatic hydroxyl groups excluding tert-OH is 1. The quantitative estimate of drug-likeness (QED) is 0.0222. The largest absolute Gasteiger partial charge is 0.472 e. The Morgan fingerprint density at radius 2 is 0.388 bits per heavy atom. The Balaban J connectivity index is 5.23. The fourth-order valence-electron chi connectivity index (χ4n) is 13.2. The van der Waals surface area contributed by atoms with E-state index in [2.05, 4.69) is 27.7 Å². The van der Waals surface area contributed by atoms with E-state index in [0.29, 0.717) is 25.7 Å². The molecule has 0 aliphatic heterocycles. The second-order valence-corrected chi connectivity index (χ2v) is 33.1. The summed E-state index contributed by atoms with van der Waals surface area (Å²) < 4.78 is 68.8. The van der Waals surface area contributed by atoms with Crippen LogP contribution in [0.4, 0.5) is 0 Å². The number of phosphoric ester groups is 2. The lowest BCUT2D eigenvalue weighted by atomic mass is 10.0. The summed E-state index contributed by atoms with van der Waals surface area (Å²) in [5.74, 6) is -2.10. The molecule has 0 aliphatic rings. The minimum absolute atomic E-state index is 0.109. The molecule has 0 fully saturated rings. The number of hydrogen-bond acceptors (Lipinski definition) is 15. The van der Waals surface area contributed by atoms with Gasteiger partial charge in [0.15, 0.2) is 12.2 Å². The van der Waals surface area contributed by atoms with Gasteiger partial charge in [0.25, 0.3) is 0 Å². The van der Waals surface area contributed by atoms with Crippen LogP contribution in [0.2, 0.25) is 0 Å². The van der Waals surface area contributed by atoms with Crippen LogP contribution in [0, 0.1) is 0 Å². The summed E-state index contributed by atoms with van der Waals surface area (Å²) in [4.78, 5) is 73.1. The van der Waals surface area contributed by atoms with Crippen LogP contribution in [0.3, 0.4) is 0 Å². The Morgan fingerprint density at radius 3 is 0.573 bits per heavy atom. The van der Waals surface area contributed by atoms with Crippen LogP contribution in [0.1, 0.15) is 458 Å². The average molecular weight is 1510 g/mol. The molecule has 2 unspecified atom stereocenters. The molecular formula is C84H164O17P2. The van der Waals surface area contributed by atoms with Crippen molar-refractivity contribution in [2.75, 3.05) is 39.6 Å². The van der Waals surface area contributed by atoms with E-state index >= 15 is 0 Å². The number of rotatable bonds is 85. The van der Waals surface area contributed by atoms with Gasteiger partial charge >= 0.3 is 39.5 Å². The zero-order valence-corrected chi connectivity index (χ0v) is 69.1. The minimum atomic E-state index is -4.96. The first-order valence-corrected chi connectivity index (χ1v) is 46.8. The maximum Gasteiger partial charge on any atom is 0.472 e. The molecule has 0 aromatic rings. The molecule has 0 saturated heterocycles. The van der Waals surface area contributed by atoms with Crippen molar-refractivity contribution < 1.29 is 80.2 Å². The minimum Gasteiger partial charge on any atom is -0.462 e. The predicted octanol–water partition coefficient (Wildman–Crippen LogP) is 25.7. The van der Waals surface area contributed by atoms with Gasteiger partial charge in [-0.1, -0.05) is 407 Å². The molecule has 0 aromatic carbocycles. The van der Waals surface area contributed by atoms with E-state index in [-0.39, 0.29) is 25.7 Å². The Labute approximate surface area is 632 Å². The van der Waals surface area contributed by atoms with E-state index in [0.717, 1.165) is 89.9 Å². The maximum absolute atomic E-state index is 13.1. The van der Waals surface area contributed by atoms with E-state index in [1.165, 1.54) is 289 Å². The highest BCUT2D eigenvalue weighted by atomic mass is 31.2. The van der Waals surface area contributed by atoms with Gasteiger partial charge in [0.2, 0.25) is 0 Å². The smallest absolute Gasteiger partial charge is 0.462 e. The van der Waals surface area contributed by atoms with Crippen molar-refractivity contribution in [1.29, 1.82) is 0 Å². The molecule has 0 rings (SSSR count). The van der Waals surface area contributed by atoms with Gasteiger partial charge in [-0.2, -0.15) is 0 Å². The van der Waals surface area contributed by atoms with E-state index < -0.39 is 97.5 Å². The van der Waals surface area contributed by atoms with E-state index in [9.17, 15) is 43.2 Å². The highest BCUT2D eigenvalue weighted by Crippen LogP contribution is 2.45. The molecule has 0 amide bonds. The van der Waals surface area contributed by atoms with Crippen molar-refractivity contribution in [3.8, 4) is 0 Å². The van der Waals surface area contributed by atoms with Gasteiger partial charge < -0.3 is 33.8 Å². The standard InChI is InChI=1S/C84H164O17P2/c1-5-9-13-17-21-25-29-32-35-38-41-43-46-49-53-57-61-65-69-82(87)95-75-80(101-84(89)71-67-63-59-55-51-48-45-42-39-36-33-30-26-22-18-14-10-6-2)77-99-103(92,93)97-73-78(85)72-96-102(90,91)98-76-79(74-94-81(86)68-64-60-56-52-28-24-20-16-12-8-4)100-83(88)70-66-62-58-54-50-47-44-40-37-34-31-27-23-19-15-11-7-3/h78-80,85H,5-77H2,1-4H3,(H,90,91)(H,92,93)/t78-,79+,80+/m0/s1. The Hall–Kier alpha value is -1.94. The first kappa shape index (κ1) is 101. The van der Waals surface area contributed by atoms with Gasteiger partial charge in [-0.25, -0.2) is 9.13 Å². The first-order chi connectivity index (χ1) is 50.2. The van der Waals surface area contributed by atoms with Crippen molar-refractivity contribution in [3.05, 3.63) is 0 Å². The maximum atomic E-state index is 13.1. The van der Waals surface area contributed by atoms with Crippen molar-refractivity contribution >= 4 is 39.5 Å². The van der Waals surface area contributed by atoms with Crippen LogP contribution in [-0.2, 0) is 65.4 Å². The van der Waals surface area contributed by atoms with Crippen LogP contribution in [-0.4, -0.2) is 96.7 Å². The van der Waals surface area contributed by atoms with Crippen molar-refractivity contribution in [3.63, 3.8) is 0 Å². The molecule has 3 N–H and O–H groups in total. The van der Waals surface area contributed by atoms with Crippen LogP contribution in [0.5, 0.6) is 0 Å². The lowest BCUT2D eigenvalue weighted by molar-refractivity contribution is -0.161. The zero-order valence-electron chi connectivity index (χ0n) is 67.3. The summed E-state index contributed by atoms with van der Waals surface area (Å²) >= 11 is 0. The summed E-state index contributed by atoms with van der Waals surface area (Å²) in [6.45, 7) is 5.05. The second kappa shape index (κ2) is 78.2. The van der Waals surface area contributed by atoms with Gasteiger partial charge in [-0.3, -0.25) is 37.3 Å². The van der Waals surface area contributed by atoms with Gasteiger partial charge in [0.05, 0.1) is 26.4 Å². The number of ether oxygens (including phenoxy) is 4. The van der Waals surface area contributed by atoms with Crippen molar-refractivity contribution in [1.82, 2.24) is 0 Å². The van der Waals surface area contributed by atoms with Crippen molar-refractivity contribution in [2.24, 2.45) is 0 Å². The monoisotopic (exact) mass is 1510 g/mol. The third-order valence-corrected chi connectivity index (χ3v) is 21.8. The molecule has 5 atom stereocenters. The van der Waals surface area contributed by atoms with Crippen LogP contribution < -0.4 is 0 Å². The molecule has 0 spiro atoms. The molecule has 19 heteroatoms. The SMILES string of the molecule is CCCCCCCCCCCCCCCCCCCCC(=O)OC[C@H](COP(=O)(O)OC[C@@H](O)COP(=O)(O)OC[C@@H](COC(=O)CCCCCCCCCCCC)OC(=O)CCCCCCCCCCCCCCCCCCC)OC(=O)CCCCCCCCCCCCCCCCCCCC. The Morgan fingerprint density at radius 1 is 0.233 bits per heavy atom. The average Bonchev–Trinajstić information content (AvgIpc) is 0.914. The number of carbonyl (C=O) groups is 4. The highest BCUT2D eigenvalue weighted by Gasteiger charge is 2.30. The number of aliphatic hydroxyl groups is 1. The Bertz CT molecular complexity index is 1950. The number of phosphoric acid groups is 2. The lowest BCUT2D eigenvalue weighted by Gasteiger charge is -2.21. The van der Waals surface area contributed by atoms with Gasteiger partial charge in [-0.05, 0) is 25.7 Å². The number of esters is 4. The normalized spacial score (nSPS) is 13.7. The summed E-state index contributed by atoms with van der Waals surface area (Å²) in [7, 11) is -9.92. The molecule has 0 radical (unpaired) electrons. The molecule has 0 aromatic heterocycles. The molecule has 0 saturated carbocycles. The summed E-state index contributed by atoms with van der Waals surface area (Å²) in [6.07, 6.45) is 72.1. The topological polar surface area (TPSA) is 237 Å². The fraction of sp³-hybridized carbons (Fsp3) is 0.952. The predicted molar refractivity (Wildman–Crippen MR) is 423 cm³/mol. The highest BCUT2D eigenvalue weighted by molar-refractivity contribution is 7.47. The second-order valence-electron chi connectivity index (χ2n) is 30.2. The number of carbonyl (C=O) groups excluding carboxylic acids is 4. The molecule has 0 aliphatic carbocycles. The third-order valence-electron chi connectivity index (χ3n) is 19.9. The number of hydrogen-bond donors (Lipinski definition) is 3. The summed E-state index contributed by atoms with van der Waals surface area (Å²) in [6, 6.07) is 0. The fourth-order valence-corrected chi connectivity index (χ4v) is 14.7. The number of unbranched alkanes of at least 4 members (excludes halogenated alkanes) is 59. The molecule has 0 bridgehead atoms. The van der Waals surface area contributed by atoms with E-state index in [1.807, 2.05) is 0 Å². The Kier molecular flexibility index (Phi) is 76.7. The molecule has 0 heterocycles. The van der Waals surface area contributed by atoms with E-state index in [1.54, 1.807) is 0 Å². The van der Waals surface area contributed by atoms with Crippen molar-refractivity contribution in [2.45, 2.75) is 476 Å². The van der Waals surface area contributed by atoms with Crippen LogP contribution >= 0.6 is 15.6 Å². The van der Waals surface area contributed by atoms with Gasteiger partial charge in [0.1, 0.15) is 19.3 Å². The molecular weight excluding hydrogens is 1340 g/mol. The summed E-state index contributed by atoms with van der Waals surface area (Å²) in [5, 5.41) is 10.7. The molecule has 103 heavy (non-hydrogen) atoms. The lowest BCUT2D eigenvalue weighted by Crippen LogP contribution is -2.30. The van der Waals surface area contributed by atoms with Crippen LogP contribution in [0.25, 0.3) is 0 Å². The summed E-state index contributed by atoms with van der Waals surface area (Å²) in [5.41, 5.74) is 0.